The summed E-state index contributed by atoms with van der Waals surface area (Å²) < 4.78 is 0. The van der Waals surface area contributed by atoms with Gasteiger partial charge in [-0.25, -0.2) is 0 Å². The van der Waals surface area contributed by atoms with E-state index in [2.05, 4.69) is 11.8 Å². The van der Waals surface area contributed by atoms with Crippen molar-refractivity contribution in [1.82, 2.24) is 4.90 Å². The predicted molar refractivity (Wildman–Crippen MR) is 64.1 cm³/mol. The van der Waals surface area contributed by atoms with E-state index >= 15 is 0 Å². The highest BCUT2D eigenvalue weighted by Crippen LogP contribution is 2.12. The molecule has 2 nitrogen and oxygen atoms in total. The van der Waals surface area contributed by atoms with Gasteiger partial charge in [-0.1, -0.05) is 19.8 Å². The number of likely N-dealkylation sites (tertiary alicyclic amines) is 1. The van der Waals surface area contributed by atoms with Crippen LogP contribution in [-0.2, 0) is 4.79 Å². The molecule has 0 amide bonds. The van der Waals surface area contributed by atoms with Crippen molar-refractivity contribution in [3.05, 3.63) is 0 Å². The molecule has 1 saturated carbocycles. The van der Waals surface area contributed by atoms with Crippen LogP contribution in [0.1, 0.15) is 58.3 Å². The summed E-state index contributed by atoms with van der Waals surface area (Å²) in [6.45, 7) is 6.18. The van der Waals surface area contributed by atoms with Gasteiger partial charge < -0.3 is 4.90 Å². The minimum Gasteiger partial charge on any atom is -0.304 e. The molecule has 0 radical (unpaired) electrons. The van der Waals surface area contributed by atoms with E-state index in [1.807, 2.05) is 0 Å². The maximum Gasteiger partial charge on any atom is 0.132 e. The van der Waals surface area contributed by atoms with Gasteiger partial charge in [0, 0.05) is 12.8 Å². The number of nitrogens with zero attached hydrogens (tertiary/aromatic N) is 1. The normalized spacial score (nSPS) is 23.1. The Balaban J connectivity index is 0.000000151. The third-order valence-corrected chi connectivity index (χ3v) is 3.31. The average Bonchev–Trinajstić information content (AvgIpc) is 2.32. The van der Waals surface area contributed by atoms with Crippen LogP contribution < -0.4 is 0 Å². The zero-order valence-corrected chi connectivity index (χ0v) is 10.1. The van der Waals surface area contributed by atoms with E-state index in [1.54, 1.807) is 0 Å². The van der Waals surface area contributed by atoms with Crippen molar-refractivity contribution >= 4 is 5.78 Å². The average molecular weight is 211 g/mol. The summed E-state index contributed by atoms with van der Waals surface area (Å²) in [6.07, 6.45) is 9.54. The van der Waals surface area contributed by atoms with Gasteiger partial charge in [0.15, 0.2) is 0 Å². The van der Waals surface area contributed by atoms with Crippen LogP contribution in [-0.4, -0.2) is 30.3 Å². The lowest BCUT2D eigenvalue weighted by Crippen LogP contribution is -2.29. The lowest BCUT2D eigenvalue weighted by Gasteiger charge is -2.24. The fourth-order valence-corrected chi connectivity index (χ4v) is 2.22. The highest BCUT2D eigenvalue weighted by atomic mass is 16.1. The molecule has 2 aliphatic rings. The third-order valence-electron chi connectivity index (χ3n) is 3.31. The van der Waals surface area contributed by atoms with Crippen LogP contribution in [0.5, 0.6) is 0 Å². The lowest BCUT2D eigenvalue weighted by atomic mass is 10.00. The minimum atomic E-state index is 0.464. The summed E-state index contributed by atoms with van der Waals surface area (Å²) >= 11 is 0. The molecule has 0 unspecified atom stereocenters. The fraction of sp³-hybridized carbons (Fsp3) is 0.923. The first-order chi connectivity index (χ1) is 7.33. The Morgan fingerprint density at radius 2 is 1.47 bits per heavy atom. The monoisotopic (exact) mass is 211 g/mol. The zero-order valence-electron chi connectivity index (χ0n) is 10.1. The molecule has 88 valence electrons. The fourth-order valence-electron chi connectivity index (χ4n) is 2.22. The first-order valence-corrected chi connectivity index (χ1v) is 6.57. The molecule has 2 fully saturated rings. The van der Waals surface area contributed by atoms with Crippen LogP contribution in [0.15, 0.2) is 0 Å². The Bertz CT molecular complexity index is 165. The SMILES string of the molecule is CCN1CCCCC1.O=C1CCCCC1. The standard InChI is InChI=1S/C7H15N.C6H10O/c1-2-8-6-4-3-5-7-8;7-6-4-2-1-3-5-6/h2-7H2,1H3;1-5H2. The molecule has 0 N–H and O–H groups in total. The van der Waals surface area contributed by atoms with Gasteiger partial charge in [-0.2, -0.15) is 0 Å². The van der Waals surface area contributed by atoms with Gasteiger partial charge in [0.1, 0.15) is 5.78 Å². The van der Waals surface area contributed by atoms with E-state index in [9.17, 15) is 4.79 Å². The topological polar surface area (TPSA) is 20.3 Å². The van der Waals surface area contributed by atoms with Gasteiger partial charge in [0.25, 0.3) is 0 Å². The van der Waals surface area contributed by atoms with Crippen molar-refractivity contribution in [2.75, 3.05) is 19.6 Å². The van der Waals surface area contributed by atoms with E-state index in [1.165, 1.54) is 45.3 Å². The summed E-state index contributed by atoms with van der Waals surface area (Å²) in [5.74, 6) is 0.464. The molecule has 0 atom stereocenters. The maximum absolute atomic E-state index is 10.5. The van der Waals surface area contributed by atoms with E-state index in [0.717, 1.165) is 25.7 Å². The number of carbonyl (C=O) groups excluding carboxylic acids is 1. The minimum absolute atomic E-state index is 0.464. The molecule has 0 bridgehead atoms. The van der Waals surface area contributed by atoms with Crippen LogP contribution in [0.4, 0.5) is 0 Å². The number of piperidine rings is 1. The Morgan fingerprint density at radius 3 is 1.80 bits per heavy atom. The quantitative estimate of drug-likeness (QED) is 0.664. The molecule has 2 rings (SSSR count). The van der Waals surface area contributed by atoms with E-state index in [0.29, 0.717) is 5.78 Å². The summed E-state index contributed by atoms with van der Waals surface area (Å²) in [4.78, 5) is 13.0. The van der Waals surface area contributed by atoms with Gasteiger partial charge >= 0.3 is 0 Å². The Hall–Kier alpha value is -0.370. The first kappa shape index (κ1) is 12.7. The Labute approximate surface area is 94.0 Å². The highest BCUT2D eigenvalue weighted by Gasteiger charge is 2.06. The smallest absolute Gasteiger partial charge is 0.132 e. The molecular formula is C13H25NO. The molecule has 1 aliphatic carbocycles. The summed E-state index contributed by atoms with van der Waals surface area (Å²) in [5, 5.41) is 0. The molecule has 0 aromatic rings. The van der Waals surface area contributed by atoms with Crippen molar-refractivity contribution in [2.45, 2.75) is 58.3 Å². The zero-order chi connectivity index (χ0) is 10.9. The third kappa shape index (κ3) is 5.93. The molecule has 15 heavy (non-hydrogen) atoms. The molecule has 1 saturated heterocycles. The van der Waals surface area contributed by atoms with E-state index in [4.69, 9.17) is 0 Å². The number of Topliss-reactive ketones (excluding diaryl/α,β-unsaturated/α-hetero) is 1. The second kappa shape index (κ2) is 7.86. The van der Waals surface area contributed by atoms with E-state index < -0.39 is 0 Å². The van der Waals surface area contributed by atoms with Gasteiger partial charge in [0.2, 0.25) is 0 Å². The predicted octanol–water partition coefficient (Wildman–Crippen LogP) is 3.01. The molecule has 1 aliphatic heterocycles. The van der Waals surface area contributed by atoms with Crippen LogP contribution >= 0.6 is 0 Å². The van der Waals surface area contributed by atoms with Gasteiger partial charge in [-0.3, -0.25) is 4.79 Å². The highest BCUT2D eigenvalue weighted by molar-refractivity contribution is 5.78. The van der Waals surface area contributed by atoms with Crippen molar-refractivity contribution < 1.29 is 4.79 Å². The second-order valence-corrected chi connectivity index (χ2v) is 4.59. The molecule has 1 heterocycles. The van der Waals surface area contributed by atoms with Gasteiger partial charge in [0.05, 0.1) is 0 Å². The van der Waals surface area contributed by atoms with Crippen molar-refractivity contribution in [2.24, 2.45) is 0 Å². The summed E-state index contributed by atoms with van der Waals surface area (Å²) in [6, 6.07) is 0. The molecule has 0 aromatic heterocycles. The van der Waals surface area contributed by atoms with Crippen molar-refractivity contribution in [1.29, 1.82) is 0 Å². The molecule has 0 spiro atoms. The van der Waals surface area contributed by atoms with Crippen molar-refractivity contribution in [3.8, 4) is 0 Å². The number of carbonyl (C=O) groups is 1. The number of hydrogen-bond donors (Lipinski definition) is 0. The largest absolute Gasteiger partial charge is 0.304 e. The Kier molecular flexibility index (Phi) is 6.66. The Morgan fingerprint density at radius 1 is 0.933 bits per heavy atom. The maximum atomic E-state index is 10.5. The number of ketones is 1. The van der Waals surface area contributed by atoms with Gasteiger partial charge in [-0.15, -0.1) is 0 Å². The van der Waals surface area contributed by atoms with Crippen molar-refractivity contribution in [3.63, 3.8) is 0 Å². The first-order valence-electron chi connectivity index (χ1n) is 6.57. The number of rotatable bonds is 1. The van der Waals surface area contributed by atoms with Gasteiger partial charge in [-0.05, 0) is 45.3 Å². The van der Waals surface area contributed by atoms with Crippen LogP contribution in [0, 0.1) is 0 Å². The van der Waals surface area contributed by atoms with Crippen LogP contribution in [0.2, 0.25) is 0 Å². The molecular weight excluding hydrogens is 186 g/mol. The van der Waals surface area contributed by atoms with Crippen LogP contribution in [0.25, 0.3) is 0 Å². The lowest BCUT2D eigenvalue weighted by molar-refractivity contribution is -0.120. The summed E-state index contributed by atoms with van der Waals surface area (Å²) in [5.41, 5.74) is 0. The van der Waals surface area contributed by atoms with Crippen LogP contribution in [0.3, 0.4) is 0 Å². The number of hydrogen-bond acceptors (Lipinski definition) is 2. The molecule has 2 heteroatoms. The summed E-state index contributed by atoms with van der Waals surface area (Å²) in [7, 11) is 0. The second-order valence-electron chi connectivity index (χ2n) is 4.59. The molecule has 0 aromatic carbocycles. The van der Waals surface area contributed by atoms with E-state index in [-0.39, 0.29) is 0 Å².